The topological polar surface area (TPSA) is 56.8 Å². The molecule has 0 aliphatic rings. The highest BCUT2D eigenvalue weighted by molar-refractivity contribution is 5.93. The summed E-state index contributed by atoms with van der Waals surface area (Å²) in [5.41, 5.74) is 3.89. The number of rotatable bonds is 8. The van der Waals surface area contributed by atoms with Crippen LogP contribution in [-0.2, 0) is 4.79 Å². The van der Waals surface area contributed by atoms with Crippen molar-refractivity contribution in [3.63, 3.8) is 0 Å². The molecule has 0 saturated carbocycles. The summed E-state index contributed by atoms with van der Waals surface area (Å²) in [5, 5.41) is 3.13. The van der Waals surface area contributed by atoms with Crippen LogP contribution < -0.4 is 19.5 Å². The third-order valence-corrected chi connectivity index (χ3v) is 5.07. The van der Waals surface area contributed by atoms with E-state index in [1.807, 2.05) is 67.6 Å². The maximum absolute atomic E-state index is 12.9. The molecular formula is C26H27NO4. The van der Waals surface area contributed by atoms with Crippen LogP contribution in [0.15, 0.2) is 72.8 Å². The van der Waals surface area contributed by atoms with Gasteiger partial charge < -0.3 is 19.5 Å². The molecule has 0 bridgehead atoms. The van der Waals surface area contributed by atoms with Crippen LogP contribution in [0.2, 0.25) is 0 Å². The molecule has 31 heavy (non-hydrogen) atoms. The predicted octanol–water partition coefficient (Wildman–Crippen LogP) is 4.94. The second kappa shape index (κ2) is 10.3. The van der Waals surface area contributed by atoms with E-state index in [4.69, 9.17) is 14.2 Å². The van der Waals surface area contributed by atoms with E-state index in [9.17, 15) is 4.79 Å². The van der Waals surface area contributed by atoms with Gasteiger partial charge in [0.25, 0.3) is 0 Å². The fraction of sp³-hybridized carbons (Fsp3) is 0.192. The van der Waals surface area contributed by atoms with Crippen LogP contribution in [0.3, 0.4) is 0 Å². The molecule has 5 nitrogen and oxygen atoms in total. The van der Waals surface area contributed by atoms with Crippen molar-refractivity contribution in [1.29, 1.82) is 0 Å². The molecule has 0 aromatic heterocycles. The summed E-state index contributed by atoms with van der Waals surface area (Å²) < 4.78 is 16.2. The Bertz CT molecular complexity index is 1060. The van der Waals surface area contributed by atoms with Crippen molar-refractivity contribution in [1.82, 2.24) is 5.32 Å². The minimum absolute atomic E-state index is 0.214. The fourth-order valence-corrected chi connectivity index (χ4v) is 3.51. The maximum atomic E-state index is 12.9. The summed E-state index contributed by atoms with van der Waals surface area (Å²) >= 11 is 0. The van der Waals surface area contributed by atoms with Crippen LogP contribution in [0.25, 0.3) is 6.08 Å². The summed E-state index contributed by atoms with van der Waals surface area (Å²) in [6, 6.07) is 21.3. The largest absolute Gasteiger partial charge is 0.493 e. The van der Waals surface area contributed by atoms with Crippen molar-refractivity contribution >= 4 is 12.0 Å². The monoisotopic (exact) mass is 417 g/mol. The molecule has 3 aromatic carbocycles. The van der Waals surface area contributed by atoms with Gasteiger partial charge in [0.05, 0.1) is 27.4 Å². The standard InChI is InChI=1S/C26H27NO4/c1-18-10-8-9-13-21(18)24(19-11-6-5-7-12-19)27-23(28)17-15-20-14-16-22(29-2)26(31-4)25(20)30-3/h5-17,24H,1-4H3,(H,27,28)/b17-15+. The fourth-order valence-electron chi connectivity index (χ4n) is 3.51. The van der Waals surface area contributed by atoms with Gasteiger partial charge in [-0.2, -0.15) is 0 Å². The van der Waals surface area contributed by atoms with Crippen molar-refractivity contribution in [3.05, 3.63) is 95.1 Å². The summed E-state index contributed by atoms with van der Waals surface area (Å²) in [6.07, 6.45) is 3.20. The number of methoxy groups -OCH3 is 3. The van der Waals surface area contributed by atoms with E-state index in [-0.39, 0.29) is 11.9 Å². The van der Waals surface area contributed by atoms with E-state index in [1.165, 1.54) is 6.08 Å². The zero-order chi connectivity index (χ0) is 22.2. The van der Waals surface area contributed by atoms with Gasteiger partial charge in [-0.3, -0.25) is 4.79 Å². The summed E-state index contributed by atoms with van der Waals surface area (Å²) in [6.45, 7) is 2.04. The Morgan fingerprint density at radius 3 is 2.16 bits per heavy atom. The first-order valence-electron chi connectivity index (χ1n) is 9.97. The van der Waals surface area contributed by atoms with Gasteiger partial charge in [-0.05, 0) is 41.8 Å². The maximum Gasteiger partial charge on any atom is 0.244 e. The Morgan fingerprint density at radius 2 is 1.52 bits per heavy atom. The normalized spacial score (nSPS) is 11.7. The smallest absolute Gasteiger partial charge is 0.244 e. The molecule has 0 radical (unpaired) electrons. The van der Waals surface area contributed by atoms with Gasteiger partial charge in [0.15, 0.2) is 11.5 Å². The van der Waals surface area contributed by atoms with Crippen molar-refractivity contribution < 1.29 is 19.0 Å². The molecule has 1 N–H and O–H groups in total. The third kappa shape index (κ3) is 5.07. The highest BCUT2D eigenvalue weighted by Crippen LogP contribution is 2.40. The molecule has 3 aromatic rings. The first-order chi connectivity index (χ1) is 15.1. The number of nitrogens with one attached hydrogen (secondary N) is 1. The molecule has 0 aliphatic carbocycles. The minimum Gasteiger partial charge on any atom is -0.493 e. The molecule has 0 heterocycles. The van der Waals surface area contributed by atoms with Gasteiger partial charge in [-0.15, -0.1) is 0 Å². The molecule has 1 unspecified atom stereocenters. The molecule has 5 heteroatoms. The van der Waals surface area contributed by atoms with E-state index < -0.39 is 0 Å². The molecule has 1 amide bonds. The van der Waals surface area contributed by atoms with Crippen LogP contribution in [0.4, 0.5) is 0 Å². The first kappa shape index (κ1) is 22.0. The van der Waals surface area contributed by atoms with E-state index in [0.717, 1.165) is 16.7 Å². The number of hydrogen-bond donors (Lipinski definition) is 1. The number of aryl methyl sites for hydroxylation is 1. The number of carbonyl (C=O) groups is 1. The van der Waals surface area contributed by atoms with Gasteiger partial charge in [-0.1, -0.05) is 54.6 Å². The van der Waals surface area contributed by atoms with Crippen molar-refractivity contribution in [2.45, 2.75) is 13.0 Å². The Morgan fingerprint density at radius 1 is 0.839 bits per heavy atom. The molecule has 160 valence electrons. The van der Waals surface area contributed by atoms with Crippen LogP contribution in [0.5, 0.6) is 17.2 Å². The summed E-state index contributed by atoms with van der Waals surface area (Å²) in [5.74, 6) is 1.33. The Labute approximate surface area is 183 Å². The van der Waals surface area contributed by atoms with Gasteiger partial charge in [0, 0.05) is 11.6 Å². The number of amides is 1. The second-order valence-corrected chi connectivity index (χ2v) is 6.97. The lowest BCUT2D eigenvalue weighted by molar-refractivity contribution is -0.116. The lowest BCUT2D eigenvalue weighted by atomic mass is 9.95. The molecule has 0 fully saturated rings. The van der Waals surface area contributed by atoms with Crippen molar-refractivity contribution in [3.8, 4) is 17.2 Å². The molecular weight excluding hydrogens is 390 g/mol. The average Bonchev–Trinajstić information content (AvgIpc) is 2.81. The van der Waals surface area contributed by atoms with Crippen molar-refractivity contribution in [2.24, 2.45) is 0 Å². The Kier molecular flexibility index (Phi) is 7.33. The Balaban J connectivity index is 1.89. The van der Waals surface area contributed by atoms with E-state index in [2.05, 4.69) is 5.32 Å². The molecule has 3 rings (SSSR count). The van der Waals surface area contributed by atoms with Crippen LogP contribution >= 0.6 is 0 Å². The quantitative estimate of drug-likeness (QED) is 0.528. The van der Waals surface area contributed by atoms with Gasteiger partial charge in [0.2, 0.25) is 11.7 Å². The predicted molar refractivity (Wildman–Crippen MR) is 123 cm³/mol. The molecule has 0 saturated heterocycles. The number of carbonyl (C=O) groups excluding carboxylic acids is 1. The SMILES string of the molecule is COc1ccc(/C=C/C(=O)NC(c2ccccc2)c2ccccc2C)c(OC)c1OC. The molecule has 0 spiro atoms. The highest BCUT2D eigenvalue weighted by Gasteiger charge is 2.18. The molecule has 1 atom stereocenters. The summed E-state index contributed by atoms with van der Waals surface area (Å²) in [4.78, 5) is 12.9. The van der Waals surface area contributed by atoms with Crippen LogP contribution in [-0.4, -0.2) is 27.2 Å². The van der Waals surface area contributed by atoms with Gasteiger partial charge in [0.1, 0.15) is 0 Å². The van der Waals surface area contributed by atoms with Crippen molar-refractivity contribution in [2.75, 3.05) is 21.3 Å². The lowest BCUT2D eigenvalue weighted by Gasteiger charge is -2.21. The zero-order valence-corrected chi connectivity index (χ0v) is 18.2. The van der Waals surface area contributed by atoms with Gasteiger partial charge >= 0.3 is 0 Å². The average molecular weight is 418 g/mol. The third-order valence-electron chi connectivity index (χ3n) is 5.07. The molecule has 0 aliphatic heterocycles. The van der Waals surface area contributed by atoms with E-state index in [1.54, 1.807) is 33.5 Å². The summed E-state index contributed by atoms with van der Waals surface area (Å²) in [7, 11) is 4.67. The highest BCUT2D eigenvalue weighted by atomic mass is 16.5. The number of benzene rings is 3. The number of ether oxygens (including phenoxy) is 3. The van der Waals surface area contributed by atoms with Crippen LogP contribution in [0, 0.1) is 6.92 Å². The first-order valence-corrected chi connectivity index (χ1v) is 9.97. The zero-order valence-electron chi connectivity index (χ0n) is 18.2. The second-order valence-electron chi connectivity index (χ2n) is 6.97. The van der Waals surface area contributed by atoms with Crippen LogP contribution in [0.1, 0.15) is 28.3 Å². The van der Waals surface area contributed by atoms with E-state index in [0.29, 0.717) is 22.8 Å². The Hall–Kier alpha value is -3.73. The van der Waals surface area contributed by atoms with E-state index >= 15 is 0 Å². The lowest BCUT2D eigenvalue weighted by Crippen LogP contribution is -2.28. The minimum atomic E-state index is -0.258. The van der Waals surface area contributed by atoms with Gasteiger partial charge in [-0.25, -0.2) is 0 Å². The number of hydrogen-bond acceptors (Lipinski definition) is 4.